The highest BCUT2D eigenvalue weighted by Gasteiger charge is 2.31. The standard InChI is InChI=1S/C14H16N2O2S2/c1-3-11-5-4-8-16(11)20(17,18)12-6-7-13-14(9-12)19-10(2)15-13/h4-7,9,11H,3,8H2,1-2H3. The van der Waals surface area contributed by atoms with Crippen molar-refractivity contribution in [3.05, 3.63) is 35.4 Å². The van der Waals surface area contributed by atoms with Crippen molar-refractivity contribution in [2.75, 3.05) is 6.54 Å². The first-order valence-electron chi connectivity index (χ1n) is 6.58. The molecule has 6 heteroatoms. The number of sulfonamides is 1. The quantitative estimate of drug-likeness (QED) is 0.819. The minimum atomic E-state index is -3.43. The Balaban J connectivity index is 2.04. The number of aromatic nitrogens is 1. The summed E-state index contributed by atoms with van der Waals surface area (Å²) in [6.07, 6.45) is 4.67. The van der Waals surface area contributed by atoms with Crippen molar-refractivity contribution in [2.24, 2.45) is 0 Å². The fourth-order valence-corrected chi connectivity index (χ4v) is 5.06. The fraction of sp³-hybridized carbons (Fsp3) is 0.357. The van der Waals surface area contributed by atoms with E-state index in [1.807, 2.05) is 26.0 Å². The Bertz CT molecular complexity index is 778. The lowest BCUT2D eigenvalue weighted by Crippen LogP contribution is -2.35. The number of aryl methyl sites for hydroxylation is 1. The zero-order chi connectivity index (χ0) is 14.3. The largest absolute Gasteiger partial charge is 0.243 e. The van der Waals surface area contributed by atoms with Gasteiger partial charge in [-0.1, -0.05) is 19.1 Å². The molecule has 0 aliphatic carbocycles. The summed E-state index contributed by atoms with van der Waals surface area (Å²) < 4.78 is 27.9. The number of benzene rings is 1. The van der Waals surface area contributed by atoms with E-state index in [9.17, 15) is 8.42 Å². The van der Waals surface area contributed by atoms with Crippen LogP contribution in [0, 0.1) is 6.92 Å². The van der Waals surface area contributed by atoms with Gasteiger partial charge in [0.25, 0.3) is 0 Å². The van der Waals surface area contributed by atoms with E-state index in [0.29, 0.717) is 11.4 Å². The number of hydrogen-bond acceptors (Lipinski definition) is 4. The molecular formula is C14H16N2O2S2. The van der Waals surface area contributed by atoms with Gasteiger partial charge in [-0.15, -0.1) is 11.3 Å². The average molecular weight is 308 g/mol. The molecule has 0 N–H and O–H groups in total. The van der Waals surface area contributed by atoms with Crippen molar-refractivity contribution < 1.29 is 8.42 Å². The van der Waals surface area contributed by atoms with Crippen LogP contribution in [0.3, 0.4) is 0 Å². The molecule has 0 amide bonds. The summed E-state index contributed by atoms with van der Waals surface area (Å²) in [6.45, 7) is 4.38. The smallest absolute Gasteiger partial charge is 0.242 e. The zero-order valence-electron chi connectivity index (χ0n) is 11.4. The molecule has 0 fully saturated rings. The Labute approximate surface area is 122 Å². The van der Waals surface area contributed by atoms with Crippen LogP contribution in [0.2, 0.25) is 0 Å². The third kappa shape index (κ3) is 2.17. The molecule has 4 nitrogen and oxygen atoms in total. The Kier molecular flexibility index (Phi) is 3.40. The summed E-state index contributed by atoms with van der Waals surface area (Å²) in [4.78, 5) is 4.72. The van der Waals surface area contributed by atoms with Crippen LogP contribution in [0.1, 0.15) is 18.4 Å². The predicted molar refractivity (Wildman–Crippen MR) is 81.5 cm³/mol. The van der Waals surface area contributed by atoms with E-state index in [4.69, 9.17) is 0 Å². The number of rotatable bonds is 3. The van der Waals surface area contributed by atoms with Gasteiger partial charge in [-0.25, -0.2) is 13.4 Å². The van der Waals surface area contributed by atoms with Gasteiger partial charge < -0.3 is 0 Å². The predicted octanol–water partition coefficient (Wildman–Crippen LogP) is 2.94. The summed E-state index contributed by atoms with van der Waals surface area (Å²) in [5, 5.41) is 0.948. The van der Waals surface area contributed by atoms with Gasteiger partial charge in [0.2, 0.25) is 10.0 Å². The maximum absolute atomic E-state index is 12.7. The van der Waals surface area contributed by atoms with Crippen LogP contribution in [-0.4, -0.2) is 30.3 Å². The minimum Gasteiger partial charge on any atom is -0.242 e. The Morgan fingerprint density at radius 2 is 2.25 bits per heavy atom. The van der Waals surface area contributed by atoms with Crippen molar-refractivity contribution in [3.8, 4) is 0 Å². The van der Waals surface area contributed by atoms with E-state index in [-0.39, 0.29) is 6.04 Å². The second-order valence-electron chi connectivity index (χ2n) is 4.84. The number of thiazole rings is 1. The molecule has 0 bridgehead atoms. The Morgan fingerprint density at radius 1 is 1.45 bits per heavy atom. The first-order chi connectivity index (χ1) is 9.52. The molecule has 0 radical (unpaired) electrons. The molecule has 3 rings (SSSR count). The minimum absolute atomic E-state index is 0.0288. The maximum atomic E-state index is 12.7. The van der Waals surface area contributed by atoms with E-state index >= 15 is 0 Å². The molecular weight excluding hydrogens is 292 g/mol. The lowest BCUT2D eigenvalue weighted by Gasteiger charge is -2.22. The van der Waals surface area contributed by atoms with Crippen molar-refractivity contribution in [1.82, 2.24) is 9.29 Å². The Morgan fingerprint density at radius 3 is 3.00 bits per heavy atom. The molecule has 2 heterocycles. The van der Waals surface area contributed by atoms with Gasteiger partial charge in [-0.05, 0) is 31.5 Å². The maximum Gasteiger partial charge on any atom is 0.243 e. The second kappa shape index (κ2) is 4.95. The lowest BCUT2D eigenvalue weighted by atomic mass is 10.2. The Hall–Kier alpha value is -1.24. The third-order valence-corrected chi connectivity index (χ3v) is 6.33. The van der Waals surface area contributed by atoms with Gasteiger partial charge in [0.15, 0.2) is 0 Å². The van der Waals surface area contributed by atoms with Gasteiger partial charge in [-0.2, -0.15) is 4.31 Å². The highest BCUT2D eigenvalue weighted by Crippen LogP contribution is 2.28. The van der Waals surface area contributed by atoms with Crippen molar-refractivity contribution >= 4 is 31.6 Å². The van der Waals surface area contributed by atoms with Gasteiger partial charge in [0, 0.05) is 12.6 Å². The zero-order valence-corrected chi connectivity index (χ0v) is 13.0. The van der Waals surface area contributed by atoms with Gasteiger partial charge >= 0.3 is 0 Å². The van der Waals surface area contributed by atoms with Gasteiger partial charge in [0.1, 0.15) is 0 Å². The van der Waals surface area contributed by atoms with E-state index in [1.165, 1.54) is 11.3 Å². The molecule has 1 aromatic heterocycles. The highest BCUT2D eigenvalue weighted by atomic mass is 32.2. The number of fused-ring (bicyclic) bond motifs is 1. The lowest BCUT2D eigenvalue weighted by molar-refractivity contribution is 0.403. The number of nitrogens with zero attached hydrogens (tertiary/aromatic N) is 2. The summed E-state index contributed by atoms with van der Waals surface area (Å²) in [6, 6.07) is 5.15. The molecule has 1 aliphatic heterocycles. The second-order valence-corrected chi connectivity index (χ2v) is 7.97. The van der Waals surface area contributed by atoms with Crippen LogP contribution in [-0.2, 0) is 10.0 Å². The highest BCUT2D eigenvalue weighted by molar-refractivity contribution is 7.89. The van der Waals surface area contributed by atoms with Crippen molar-refractivity contribution in [2.45, 2.75) is 31.2 Å². The van der Waals surface area contributed by atoms with Crippen LogP contribution >= 0.6 is 11.3 Å². The van der Waals surface area contributed by atoms with E-state index in [1.54, 1.807) is 22.5 Å². The normalized spacial score (nSPS) is 20.0. The number of hydrogen-bond donors (Lipinski definition) is 0. The van der Waals surface area contributed by atoms with E-state index in [0.717, 1.165) is 21.6 Å². The van der Waals surface area contributed by atoms with Gasteiger partial charge in [0.05, 0.1) is 20.1 Å². The molecule has 106 valence electrons. The van der Waals surface area contributed by atoms with Crippen LogP contribution in [0.4, 0.5) is 0 Å². The molecule has 0 spiro atoms. The molecule has 0 saturated carbocycles. The monoisotopic (exact) mass is 308 g/mol. The van der Waals surface area contributed by atoms with Crippen LogP contribution in [0.15, 0.2) is 35.2 Å². The van der Waals surface area contributed by atoms with Crippen LogP contribution in [0.5, 0.6) is 0 Å². The summed E-state index contributed by atoms with van der Waals surface area (Å²) in [5.74, 6) is 0. The SMILES string of the molecule is CCC1C=CCN1S(=O)(=O)c1ccc2nc(C)sc2c1. The molecule has 1 atom stereocenters. The molecule has 0 saturated heterocycles. The van der Waals surface area contributed by atoms with Crippen LogP contribution in [0.25, 0.3) is 10.2 Å². The van der Waals surface area contributed by atoms with E-state index < -0.39 is 10.0 Å². The summed E-state index contributed by atoms with van der Waals surface area (Å²) >= 11 is 1.52. The molecule has 2 aromatic rings. The van der Waals surface area contributed by atoms with Gasteiger partial charge in [-0.3, -0.25) is 0 Å². The third-order valence-electron chi connectivity index (χ3n) is 3.51. The van der Waals surface area contributed by atoms with Crippen molar-refractivity contribution in [3.63, 3.8) is 0 Å². The fourth-order valence-electron chi connectivity index (χ4n) is 2.49. The topological polar surface area (TPSA) is 50.3 Å². The summed E-state index contributed by atoms with van der Waals surface area (Å²) in [5.41, 5.74) is 0.859. The summed E-state index contributed by atoms with van der Waals surface area (Å²) in [7, 11) is -3.43. The first-order valence-corrected chi connectivity index (χ1v) is 8.83. The molecule has 1 unspecified atom stereocenters. The van der Waals surface area contributed by atoms with Crippen LogP contribution < -0.4 is 0 Å². The van der Waals surface area contributed by atoms with E-state index in [2.05, 4.69) is 4.98 Å². The van der Waals surface area contributed by atoms with Crippen molar-refractivity contribution in [1.29, 1.82) is 0 Å². The molecule has 20 heavy (non-hydrogen) atoms. The molecule has 1 aromatic carbocycles. The average Bonchev–Trinajstić information content (AvgIpc) is 3.02. The first kappa shape index (κ1) is 13.7. The molecule has 1 aliphatic rings.